The van der Waals surface area contributed by atoms with Crippen molar-refractivity contribution in [1.82, 2.24) is 15.1 Å². The van der Waals surface area contributed by atoms with Gasteiger partial charge in [0.05, 0.1) is 17.1 Å². The quantitative estimate of drug-likeness (QED) is 0.584. The maximum atomic E-state index is 12.4. The van der Waals surface area contributed by atoms with Crippen molar-refractivity contribution in [3.8, 4) is 0 Å². The topological polar surface area (TPSA) is 81.3 Å². The van der Waals surface area contributed by atoms with Crippen LogP contribution in [-0.2, 0) is 0 Å². The number of furan rings is 1. The fraction of sp³-hybridized carbons (Fsp3) is 0.444. The smallest absolute Gasteiger partial charge is 0.289 e. The summed E-state index contributed by atoms with van der Waals surface area (Å²) in [6, 6.07) is 6.98. The van der Waals surface area contributed by atoms with Gasteiger partial charge in [-0.05, 0) is 31.2 Å². The number of halogens is 1. The van der Waals surface area contributed by atoms with Crippen LogP contribution in [-0.4, -0.2) is 66.0 Å². The number of piperazine rings is 1. The van der Waals surface area contributed by atoms with Gasteiger partial charge in [-0.1, -0.05) is 11.6 Å². The van der Waals surface area contributed by atoms with E-state index in [2.05, 4.69) is 15.2 Å². The van der Waals surface area contributed by atoms with E-state index >= 15 is 0 Å². The first kappa shape index (κ1) is 19.7. The van der Waals surface area contributed by atoms with E-state index in [4.69, 9.17) is 16.0 Å². The summed E-state index contributed by atoms with van der Waals surface area (Å²) in [5.41, 5.74) is 0. The number of carbonyl (C=O) groups is 1. The highest BCUT2D eigenvalue weighted by Gasteiger charge is 2.25. The summed E-state index contributed by atoms with van der Waals surface area (Å²) in [7, 11) is 0. The third-order valence-electron chi connectivity index (χ3n) is 4.27. The van der Waals surface area contributed by atoms with Crippen molar-refractivity contribution >= 4 is 34.8 Å². The summed E-state index contributed by atoms with van der Waals surface area (Å²) in [5, 5.41) is 13.6. The Labute approximate surface area is 167 Å². The molecule has 1 amide bonds. The van der Waals surface area contributed by atoms with Crippen LogP contribution in [0.4, 0.5) is 0 Å². The molecule has 0 aromatic carbocycles. The molecule has 9 heteroatoms. The lowest BCUT2D eigenvalue weighted by atomic mass is 10.3. The molecule has 27 heavy (non-hydrogen) atoms. The Morgan fingerprint density at radius 3 is 2.67 bits per heavy atom. The molecular weight excluding hydrogens is 388 g/mol. The number of aliphatic imine (C=N–C) groups is 1. The van der Waals surface area contributed by atoms with E-state index in [1.165, 1.54) is 17.6 Å². The minimum Gasteiger partial charge on any atom is -0.459 e. The van der Waals surface area contributed by atoms with Gasteiger partial charge >= 0.3 is 0 Å². The Morgan fingerprint density at radius 1 is 1.33 bits per heavy atom. The molecule has 1 unspecified atom stereocenters. The zero-order chi connectivity index (χ0) is 19.2. The molecule has 146 valence electrons. The molecule has 3 rings (SSSR count). The lowest BCUT2D eigenvalue weighted by Crippen LogP contribution is -2.53. The molecule has 0 radical (unpaired) electrons. The van der Waals surface area contributed by atoms with Crippen LogP contribution in [0.2, 0.25) is 4.34 Å². The van der Waals surface area contributed by atoms with E-state index in [1.54, 1.807) is 23.1 Å². The predicted molar refractivity (Wildman–Crippen MR) is 106 cm³/mol. The number of hydrogen-bond acceptors (Lipinski definition) is 5. The average molecular weight is 411 g/mol. The van der Waals surface area contributed by atoms with Crippen LogP contribution in [0.1, 0.15) is 28.5 Å². The highest BCUT2D eigenvalue weighted by atomic mass is 35.5. The standard InChI is InChI=1S/C18H23ClN4O3S/c1-2-20-18(21-12-13(24)15-5-6-16(19)27-15)23-9-7-22(8-10-23)17(25)14-4-3-11-26-14/h3-6,11,13,24H,2,7-10,12H2,1H3,(H,20,21). The van der Waals surface area contributed by atoms with E-state index in [1.807, 2.05) is 13.0 Å². The minimum absolute atomic E-state index is 0.0911. The Kier molecular flexibility index (Phi) is 6.76. The second-order valence-corrected chi connectivity index (χ2v) is 7.86. The number of nitrogens with zero attached hydrogens (tertiary/aromatic N) is 3. The van der Waals surface area contributed by atoms with Gasteiger partial charge in [0.25, 0.3) is 5.91 Å². The molecule has 7 nitrogen and oxygen atoms in total. The van der Waals surface area contributed by atoms with Gasteiger partial charge < -0.3 is 24.6 Å². The summed E-state index contributed by atoms with van der Waals surface area (Å²) in [6.07, 6.45) is 0.823. The molecule has 1 aliphatic heterocycles. The minimum atomic E-state index is -0.682. The maximum absolute atomic E-state index is 12.4. The van der Waals surface area contributed by atoms with Crippen LogP contribution in [0.15, 0.2) is 39.9 Å². The summed E-state index contributed by atoms with van der Waals surface area (Å²) >= 11 is 7.28. The van der Waals surface area contributed by atoms with Crippen LogP contribution in [0.25, 0.3) is 0 Å². The van der Waals surface area contributed by atoms with Crippen molar-refractivity contribution in [3.05, 3.63) is 45.5 Å². The monoisotopic (exact) mass is 410 g/mol. The van der Waals surface area contributed by atoms with Crippen molar-refractivity contribution in [3.63, 3.8) is 0 Å². The Hall–Kier alpha value is -2.03. The predicted octanol–water partition coefficient (Wildman–Crippen LogP) is 2.45. The van der Waals surface area contributed by atoms with Crippen LogP contribution < -0.4 is 5.32 Å². The van der Waals surface area contributed by atoms with Crippen LogP contribution in [0.3, 0.4) is 0 Å². The number of rotatable bonds is 5. The van der Waals surface area contributed by atoms with Gasteiger partial charge in [-0.3, -0.25) is 9.79 Å². The maximum Gasteiger partial charge on any atom is 0.289 e. The van der Waals surface area contributed by atoms with Crippen molar-refractivity contribution in [2.75, 3.05) is 39.3 Å². The molecular formula is C18H23ClN4O3S. The summed E-state index contributed by atoms with van der Waals surface area (Å²) in [6.45, 7) is 5.50. The van der Waals surface area contributed by atoms with E-state index in [0.717, 1.165) is 17.4 Å². The van der Waals surface area contributed by atoms with Gasteiger partial charge in [0.2, 0.25) is 0 Å². The molecule has 1 fully saturated rings. The largest absolute Gasteiger partial charge is 0.459 e. The third-order valence-corrected chi connectivity index (χ3v) is 5.60. The third kappa shape index (κ3) is 5.03. The SMILES string of the molecule is CCNC(=NCC(O)c1ccc(Cl)s1)N1CCN(C(=O)c2ccco2)CC1. The highest BCUT2D eigenvalue weighted by Crippen LogP contribution is 2.27. The van der Waals surface area contributed by atoms with Gasteiger partial charge in [-0.2, -0.15) is 0 Å². The molecule has 2 N–H and O–H groups in total. The molecule has 3 heterocycles. The van der Waals surface area contributed by atoms with Crippen molar-refractivity contribution < 1.29 is 14.3 Å². The second-order valence-electron chi connectivity index (χ2n) is 6.11. The fourth-order valence-electron chi connectivity index (χ4n) is 2.87. The molecule has 1 saturated heterocycles. The highest BCUT2D eigenvalue weighted by molar-refractivity contribution is 7.16. The Morgan fingerprint density at radius 2 is 2.07 bits per heavy atom. The number of guanidine groups is 1. The van der Waals surface area contributed by atoms with Gasteiger partial charge in [-0.15, -0.1) is 11.3 Å². The van der Waals surface area contributed by atoms with E-state index in [9.17, 15) is 9.90 Å². The molecule has 0 aliphatic carbocycles. The van der Waals surface area contributed by atoms with Gasteiger partial charge in [-0.25, -0.2) is 0 Å². The normalized spacial score (nSPS) is 16.5. The second kappa shape index (κ2) is 9.25. The number of aliphatic hydroxyl groups excluding tert-OH is 1. The number of amides is 1. The lowest BCUT2D eigenvalue weighted by molar-refractivity contribution is 0.0657. The first-order chi connectivity index (χ1) is 13.1. The number of carbonyl (C=O) groups excluding carboxylic acids is 1. The summed E-state index contributed by atoms with van der Waals surface area (Å²) in [4.78, 5) is 21.6. The number of nitrogens with one attached hydrogen (secondary N) is 1. The van der Waals surface area contributed by atoms with Crippen LogP contribution >= 0.6 is 22.9 Å². The zero-order valence-electron chi connectivity index (χ0n) is 15.1. The van der Waals surface area contributed by atoms with Crippen molar-refractivity contribution in [1.29, 1.82) is 0 Å². The zero-order valence-corrected chi connectivity index (χ0v) is 16.7. The number of thiophene rings is 1. The van der Waals surface area contributed by atoms with Crippen molar-refractivity contribution in [2.24, 2.45) is 4.99 Å². The van der Waals surface area contributed by atoms with Crippen molar-refractivity contribution in [2.45, 2.75) is 13.0 Å². The van der Waals surface area contributed by atoms with Gasteiger partial charge in [0.1, 0.15) is 6.10 Å². The molecule has 0 bridgehead atoms. The molecule has 0 spiro atoms. The number of aliphatic hydroxyl groups is 1. The summed E-state index contributed by atoms with van der Waals surface area (Å²) < 4.78 is 5.84. The van der Waals surface area contributed by atoms with Gasteiger partial charge in [0, 0.05) is 37.6 Å². The Bertz CT molecular complexity index is 769. The molecule has 0 saturated carbocycles. The van der Waals surface area contributed by atoms with Crippen LogP contribution in [0.5, 0.6) is 0 Å². The average Bonchev–Trinajstić information content (AvgIpc) is 3.36. The summed E-state index contributed by atoms with van der Waals surface area (Å²) in [5.74, 6) is 1.01. The molecule has 1 aliphatic rings. The lowest BCUT2D eigenvalue weighted by Gasteiger charge is -2.36. The van der Waals surface area contributed by atoms with E-state index in [-0.39, 0.29) is 12.5 Å². The number of hydrogen-bond donors (Lipinski definition) is 2. The Balaban J connectivity index is 1.58. The molecule has 2 aromatic heterocycles. The fourth-order valence-corrected chi connectivity index (χ4v) is 3.91. The van der Waals surface area contributed by atoms with E-state index in [0.29, 0.717) is 36.3 Å². The first-order valence-electron chi connectivity index (χ1n) is 8.87. The van der Waals surface area contributed by atoms with Gasteiger partial charge in [0.15, 0.2) is 11.7 Å². The van der Waals surface area contributed by atoms with Crippen LogP contribution in [0, 0.1) is 0 Å². The molecule has 1 atom stereocenters. The van der Waals surface area contributed by atoms with E-state index < -0.39 is 6.10 Å². The first-order valence-corrected chi connectivity index (χ1v) is 10.1. The molecule has 2 aromatic rings.